The van der Waals surface area contributed by atoms with Crippen LogP contribution >= 0.6 is 0 Å². The molecular formula is C31H35NO4. The predicted molar refractivity (Wildman–Crippen MR) is 144 cm³/mol. The van der Waals surface area contributed by atoms with Crippen molar-refractivity contribution < 1.29 is 19.3 Å². The maximum atomic E-state index is 10.1. The first-order valence-electron chi connectivity index (χ1n) is 12.7. The number of likely N-dealkylation sites (tertiary alicyclic amines) is 1. The fourth-order valence-corrected chi connectivity index (χ4v) is 5.25. The van der Waals surface area contributed by atoms with Gasteiger partial charge in [-0.25, -0.2) is 0 Å². The molecule has 3 atom stereocenters. The number of phenols is 1. The van der Waals surface area contributed by atoms with E-state index in [4.69, 9.17) is 14.2 Å². The zero-order valence-corrected chi connectivity index (χ0v) is 21.5. The van der Waals surface area contributed by atoms with E-state index >= 15 is 0 Å². The van der Waals surface area contributed by atoms with Gasteiger partial charge in [0.15, 0.2) is 0 Å². The van der Waals surface area contributed by atoms with Crippen LogP contribution in [0.3, 0.4) is 0 Å². The minimum absolute atomic E-state index is 0.225. The zero-order chi connectivity index (χ0) is 25.2. The van der Waals surface area contributed by atoms with Crippen LogP contribution in [0.4, 0.5) is 0 Å². The molecule has 0 radical (unpaired) electrons. The highest BCUT2D eigenvalue weighted by Crippen LogP contribution is 2.47. The Labute approximate surface area is 213 Å². The standard InChI is InChI=1S/C31H35NO4/c1-20-15-16-32(18-20)21(2)19-35-27-12-7-24(8-13-27)31-30(23-5-10-26(34-4)11-6-23)22(3)28-17-25(33)9-14-29(28)36-31/h5-14,17,20-21,31,33H,15-16,18-19H2,1-4H3/t20-,21+,31?/m1/s1. The fourth-order valence-electron chi connectivity index (χ4n) is 5.25. The molecule has 0 bridgehead atoms. The average molecular weight is 486 g/mol. The van der Waals surface area contributed by atoms with Crippen molar-refractivity contribution in [1.29, 1.82) is 0 Å². The monoisotopic (exact) mass is 485 g/mol. The van der Waals surface area contributed by atoms with Gasteiger partial charge in [0.05, 0.1) is 7.11 Å². The first-order valence-corrected chi connectivity index (χ1v) is 12.7. The molecule has 188 valence electrons. The summed E-state index contributed by atoms with van der Waals surface area (Å²) < 4.78 is 18.0. The molecule has 0 spiro atoms. The van der Waals surface area contributed by atoms with E-state index in [9.17, 15) is 5.11 Å². The molecule has 36 heavy (non-hydrogen) atoms. The molecule has 1 fully saturated rings. The largest absolute Gasteiger partial charge is 0.508 e. The number of methoxy groups -OCH3 is 1. The van der Waals surface area contributed by atoms with E-state index in [1.54, 1.807) is 19.2 Å². The second kappa shape index (κ2) is 10.3. The lowest BCUT2D eigenvalue weighted by atomic mass is 9.86. The number of allylic oxidation sites excluding steroid dienone is 1. The summed E-state index contributed by atoms with van der Waals surface area (Å²) in [6, 6.07) is 21.9. The van der Waals surface area contributed by atoms with Crippen LogP contribution in [0, 0.1) is 5.92 Å². The highest BCUT2D eigenvalue weighted by molar-refractivity contribution is 5.95. The number of hydrogen-bond acceptors (Lipinski definition) is 5. The van der Waals surface area contributed by atoms with E-state index < -0.39 is 0 Å². The number of aromatic hydroxyl groups is 1. The summed E-state index contributed by atoms with van der Waals surface area (Å²) in [5.74, 6) is 3.44. The molecular weight excluding hydrogens is 450 g/mol. The Hall–Kier alpha value is -3.44. The summed E-state index contributed by atoms with van der Waals surface area (Å²) in [5, 5.41) is 10.1. The van der Waals surface area contributed by atoms with Crippen molar-refractivity contribution in [2.24, 2.45) is 5.92 Å². The van der Waals surface area contributed by atoms with Crippen LogP contribution in [0.15, 0.2) is 66.7 Å². The number of rotatable bonds is 7. The van der Waals surface area contributed by atoms with Gasteiger partial charge in [0.25, 0.3) is 0 Å². The highest BCUT2D eigenvalue weighted by atomic mass is 16.5. The molecule has 3 aromatic rings. The van der Waals surface area contributed by atoms with Gasteiger partial charge >= 0.3 is 0 Å². The Morgan fingerprint density at radius 1 is 1.03 bits per heavy atom. The summed E-state index contributed by atoms with van der Waals surface area (Å²) in [6.45, 7) is 9.64. The van der Waals surface area contributed by atoms with Gasteiger partial charge < -0.3 is 19.3 Å². The second-order valence-electron chi connectivity index (χ2n) is 10.1. The minimum atomic E-state index is -0.283. The molecule has 0 amide bonds. The van der Waals surface area contributed by atoms with Crippen molar-refractivity contribution in [3.63, 3.8) is 0 Å². The first-order chi connectivity index (χ1) is 17.4. The first kappa shape index (κ1) is 24.3. The topological polar surface area (TPSA) is 51.2 Å². The normalized spacial score (nSPS) is 20.6. The molecule has 5 heteroatoms. The lowest BCUT2D eigenvalue weighted by Gasteiger charge is -2.31. The molecule has 2 heterocycles. The van der Waals surface area contributed by atoms with Crippen LogP contribution < -0.4 is 14.2 Å². The molecule has 3 aromatic carbocycles. The average Bonchev–Trinajstić information content (AvgIpc) is 3.34. The van der Waals surface area contributed by atoms with Crippen molar-refractivity contribution in [3.8, 4) is 23.0 Å². The van der Waals surface area contributed by atoms with Gasteiger partial charge in [0.2, 0.25) is 0 Å². The van der Waals surface area contributed by atoms with Gasteiger partial charge in [0.1, 0.15) is 35.7 Å². The van der Waals surface area contributed by atoms with E-state index in [1.807, 2.05) is 30.3 Å². The van der Waals surface area contributed by atoms with Crippen LogP contribution in [0.2, 0.25) is 0 Å². The molecule has 5 rings (SSSR count). The van der Waals surface area contributed by atoms with Crippen LogP contribution in [-0.4, -0.2) is 42.9 Å². The van der Waals surface area contributed by atoms with Gasteiger partial charge in [-0.2, -0.15) is 0 Å². The number of nitrogens with zero attached hydrogens (tertiary/aromatic N) is 1. The van der Waals surface area contributed by atoms with Gasteiger partial charge in [-0.15, -0.1) is 0 Å². The number of ether oxygens (including phenoxy) is 3. The van der Waals surface area contributed by atoms with Crippen LogP contribution in [0.25, 0.3) is 11.1 Å². The predicted octanol–water partition coefficient (Wildman–Crippen LogP) is 6.57. The molecule has 1 N–H and O–H groups in total. The molecule has 1 unspecified atom stereocenters. The second-order valence-corrected chi connectivity index (χ2v) is 10.1. The van der Waals surface area contributed by atoms with Gasteiger partial charge in [0, 0.05) is 23.7 Å². The SMILES string of the molecule is COc1ccc(C2=C(C)c3cc(O)ccc3OC2c2ccc(OC[C@H](C)N3CC[C@@H](C)C3)cc2)cc1. The Morgan fingerprint density at radius 2 is 1.75 bits per heavy atom. The molecule has 0 saturated carbocycles. The van der Waals surface area contributed by atoms with Gasteiger partial charge in [-0.3, -0.25) is 4.90 Å². The third-order valence-corrected chi connectivity index (χ3v) is 7.43. The highest BCUT2D eigenvalue weighted by Gasteiger charge is 2.30. The molecule has 1 saturated heterocycles. The maximum absolute atomic E-state index is 10.1. The lowest BCUT2D eigenvalue weighted by Crippen LogP contribution is -2.35. The number of fused-ring (bicyclic) bond motifs is 1. The smallest absolute Gasteiger partial charge is 0.150 e. The molecule has 5 nitrogen and oxygen atoms in total. The van der Waals surface area contributed by atoms with E-state index in [0.717, 1.165) is 64.1 Å². The Morgan fingerprint density at radius 3 is 2.42 bits per heavy atom. The fraction of sp³-hybridized carbons (Fsp3) is 0.355. The van der Waals surface area contributed by atoms with Crippen molar-refractivity contribution >= 4 is 11.1 Å². The third-order valence-electron chi connectivity index (χ3n) is 7.43. The Balaban J connectivity index is 1.40. The Bertz CT molecular complexity index is 1230. The molecule has 0 aliphatic carbocycles. The Kier molecular flexibility index (Phi) is 6.92. The van der Waals surface area contributed by atoms with E-state index in [-0.39, 0.29) is 11.9 Å². The molecule has 0 aromatic heterocycles. The van der Waals surface area contributed by atoms with E-state index in [2.05, 4.69) is 49.9 Å². The maximum Gasteiger partial charge on any atom is 0.150 e. The molecule has 2 aliphatic rings. The van der Waals surface area contributed by atoms with Crippen molar-refractivity contribution in [2.45, 2.75) is 39.3 Å². The minimum Gasteiger partial charge on any atom is -0.508 e. The van der Waals surface area contributed by atoms with Crippen molar-refractivity contribution in [2.75, 3.05) is 26.8 Å². The molecule has 2 aliphatic heterocycles. The van der Waals surface area contributed by atoms with Crippen LogP contribution in [0.5, 0.6) is 23.0 Å². The summed E-state index contributed by atoms with van der Waals surface area (Å²) in [7, 11) is 1.67. The van der Waals surface area contributed by atoms with E-state index in [1.165, 1.54) is 6.42 Å². The summed E-state index contributed by atoms with van der Waals surface area (Å²) >= 11 is 0. The zero-order valence-electron chi connectivity index (χ0n) is 21.5. The number of phenolic OH excluding ortho intramolecular Hbond substituents is 1. The van der Waals surface area contributed by atoms with Crippen LogP contribution in [0.1, 0.15) is 50.0 Å². The third kappa shape index (κ3) is 4.93. The summed E-state index contributed by atoms with van der Waals surface area (Å²) in [6.07, 6.45) is 0.988. The summed E-state index contributed by atoms with van der Waals surface area (Å²) in [4.78, 5) is 2.51. The van der Waals surface area contributed by atoms with E-state index in [0.29, 0.717) is 12.6 Å². The van der Waals surface area contributed by atoms with Gasteiger partial charge in [-0.1, -0.05) is 31.2 Å². The van der Waals surface area contributed by atoms with Gasteiger partial charge in [-0.05, 0) is 91.9 Å². The van der Waals surface area contributed by atoms with Crippen molar-refractivity contribution in [3.05, 3.63) is 83.4 Å². The number of benzene rings is 3. The van der Waals surface area contributed by atoms with Crippen LogP contribution in [-0.2, 0) is 0 Å². The quantitative estimate of drug-likeness (QED) is 0.410. The summed E-state index contributed by atoms with van der Waals surface area (Å²) in [5.41, 5.74) is 5.16. The number of hydrogen-bond donors (Lipinski definition) is 1. The van der Waals surface area contributed by atoms with Crippen molar-refractivity contribution in [1.82, 2.24) is 4.90 Å². The lowest BCUT2D eigenvalue weighted by molar-refractivity contribution is 0.169.